The molecule has 0 unspecified atom stereocenters. The molecule has 9 nitrogen and oxygen atoms in total. The van der Waals surface area contributed by atoms with Gasteiger partial charge in [0.05, 0.1) is 21.8 Å². The molecule has 0 saturated carbocycles. The quantitative estimate of drug-likeness (QED) is 0.451. The summed E-state index contributed by atoms with van der Waals surface area (Å²) in [5.41, 5.74) is 4.35. The van der Waals surface area contributed by atoms with Gasteiger partial charge in [-0.1, -0.05) is 19.1 Å². The summed E-state index contributed by atoms with van der Waals surface area (Å²) in [7, 11) is -0.208. The van der Waals surface area contributed by atoms with Crippen LogP contribution in [0.4, 0.5) is 11.5 Å². The molecule has 2 heterocycles. The number of nitrogens with one attached hydrogen (secondary N) is 1. The summed E-state index contributed by atoms with van der Waals surface area (Å²) in [5, 5.41) is 13.8. The molecule has 3 aromatic rings. The standard InChI is InChI=1S/C24H31N5O4S/c1-6-18-9-11-20(12-10-18)34(32,33)27-22-14-19(24(30)31)15-25-23(22)28(4)13-7-8-21-16(2)26-29(5)17(21)3/h9-12,14-15,27H,6-8,13H2,1-5H3,(H,30,31). The largest absolute Gasteiger partial charge is 0.478 e. The number of sulfonamides is 1. The highest BCUT2D eigenvalue weighted by Gasteiger charge is 2.20. The highest BCUT2D eigenvalue weighted by atomic mass is 32.2. The van der Waals surface area contributed by atoms with Crippen molar-refractivity contribution in [3.8, 4) is 0 Å². The Hall–Kier alpha value is -3.40. The first-order chi connectivity index (χ1) is 16.0. The fraction of sp³-hybridized carbons (Fsp3) is 0.375. The minimum atomic E-state index is -3.93. The number of hydrogen-bond acceptors (Lipinski definition) is 6. The zero-order valence-electron chi connectivity index (χ0n) is 20.2. The summed E-state index contributed by atoms with van der Waals surface area (Å²) in [5.74, 6) is -0.824. The van der Waals surface area contributed by atoms with Crippen LogP contribution in [0.15, 0.2) is 41.4 Å². The second kappa shape index (κ2) is 10.3. The van der Waals surface area contributed by atoms with E-state index in [4.69, 9.17) is 0 Å². The van der Waals surface area contributed by atoms with E-state index in [2.05, 4.69) is 14.8 Å². The average Bonchev–Trinajstić information content (AvgIpc) is 3.04. The van der Waals surface area contributed by atoms with Crippen molar-refractivity contribution in [1.82, 2.24) is 14.8 Å². The molecule has 182 valence electrons. The molecule has 0 aliphatic rings. The lowest BCUT2D eigenvalue weighted by Gasteiger charge is -2.22. The molecule has 0 aliphatic carbocycles. The summed E-state index contributed by atoms with van der Waals surface area (Å²) in [4.78, 5) is 17.7. The zero-order valence-corrected chi connectivity index (χ0v) is 21.0. The summed E-state index contributed by atoms with van der Waals surface area (Å²) >= 11 is 0. The lowest BCUT2D eigenvalue weighted by molar-refractivity contribution is 0.0696. The number of carboxylic acids is 1. The molecule has 0 fully saturated rings. The van der Waals surface area contributed by atoms with Crippen LogP contribution < -0.4 is 9.62 Å². The Morgan fingerprint density at radius 3 is 2.44 bits per heavy atom. The molecule has 2 N–H and O–H groups in total. The molecular weight excluding hydrogens is 454 g/mol. The molecule has 0 aliphatic heterocycles. The van der Waals surface area contributed by atoms with E-state index < -0.39 is 16.0 Å². The normalized spacial score (nSPS) is 11.4. The highest BCUT2D eigenvalue weighted by Crippen LogP contribution is 2.27. The van der Waals surface area contributed by atoms with E-state index in [-0.39, 0.29) is 16.1 Å². The van der Waals surface area contributed by atoms with Crippen LogP contribution in [-0.4, -0.2) is 47.9 Å². The SMILES string of the molecule is CCc1ccc(S(=O)(=O)Nc2cc(C(=O)O)cnc2N(C)CCCc2c(C)nn(C)c2C)cc1. The molecule has 1 aromatic carbocycles. The monoisotopic (exact) mass is 485 g/mol. The van der Waals surface area contributed by atoms with E-state index in [1.54, 1.807) is 19.2 Å². The van der Waals surface area contributed by atoms with Crippen LogP contribution in [0.2, 0.25) is 0 Å². The highest BCUT2D eigenvalue weighted by molar-refractivity contribution is 7.92. The van der Waals surface area contributed by atoms with Gasteiger partial charge in [0.25, 0.3) is 10.0 Å². The fourth-order valence-corrected chi connectivity index (χ4v) is 4.89. The molecule has 2 aromatic heterocycles. The Morgan fingerprint density at radius 1 is 1.21 bits per heavy atom. The number of aryl methyl sites for hydroxylation is 3. The van der Waals surface area contributed by atoms with Gasteiger partial charge in [-0.15, -0.1) is 0 Å². The third kappa shape index (κ3) is 5.56. The van der Waals surface area contributed by atoms with Crippen molar-refractivity contribution < 1.29 is 18.3 Å². The van der Waals surface area contributed by atoms with Crippen molar-refractivity contribution in [3.63, 3.8) is 0 Å². The number of anilines is 2. The number of benzene rings is 1. The smallest absolute Gasteiger partial charge is 0.337 e. The van der Waals surface area contributed by atoms with Gasteiger partial charge in [-0.25, -0.2) is 18.2 Å². The third-order valence-corrected chi connectivity index (χ3v) is 7.32. The van der Waals surface area contributed by atoms with Crippen LogP contribution >= 0.6 is 0 Å². The van der Waals surface area contributed by atoms with Gasteiger partial charge in [0.2, 0.25) is 0 Å². The van der Waals surface area contributed by atoms with Crippen LogP contribution in [0.25, 0.3) is 0 Å². The maximum absolute atomic E-state index is 13.0. The molecule has 0 bridgehead atoms. The molecule has 0 spiro atoms. The third-order valence-electron chi connectivity index (χ3n) is 5.94. The first kappa shape index (κ1) is 25.2. The van der Waals surface area contributed by atoms with E-state index in [1.807, 2.05) is 37.4 Å². The number of aromatic nitrogens is 3. The number of carboxylic acid groups (broad SMARTS) is 1. The summed E-state index contributed by atoms with van der Waals surface area (Å²) < 4.78 is 30.4. The molecule has 0 atom stereocenters. The van der Waals surface area contributed by atoms with Crippen LogP contribution in [0.5, 0.6) is 0 Å². The Kier molecular flexibility index (Phi) is 7.61. The van der Waals surface area contributed by atoms with Gasteiger partial charge in [-0.3, -0.25) is 9.40 Å². The minimum Gasteiger partial charge on any atom is -0.478 e. The summed E-state index contributed by atoms with van der Waals surface area (Å²) in [6, 6.07) is 7.90. The molecule has 0 saturated heterocycles. The van der Waals surface area contributed by atoms with Crippen LogP contribution in [0, 0.1) is 13.8 Å². The number of aromatic carboxylic acids is 1. The molecule has 10 heteroatoms. The number of hydrogen-bond donors (Lipinski definition) is 2. The number of nitrogens with zero attached hydrogens (tertiary/aromatic N) is 4. The predicted molar refractivity (Wildman–Crippen MR) is 132 cm³/mol. The van der Waals surface area contributed by atoms with Crippen molar-refractivity contribution in [3.05, 3.63) is 64.6 Å². The van der Waals surface area contributed by atoms with Gasteiger partial charge in [-0.05, 0) is 62.4 Å². The van der Waals surface area contributed by atoms with Gasteiger partial charge >= 0.3 is 5.97 Å². The lowest BCUT2D eigenvalue weighted by Crippen LogP contribution is -2.24. The number of carbonyl (C=O) groups is 1. The summed E-state index contributed by atoms with van der Waals surface area (Å²) in [6.45, 7) is 6.60. The van der Waals surface area contributed by atoms with E-state index in [0.29, 0.717) is 12.4 Å². The molecular formula is C24H31N5O4S. The van der Waals surface area contributed by atoms with E-state index >= 15 is 0 Å². The molecule has 3 rings (SSSR count). The van der Waals surface area contributed by atoms with Gasteiger partial charge in [0, 0.05) is 32.5 Å². The molecule has 0 amide bonds. The van der Waals surface area contributed by atoms with Crippen molar-refractivity contribution >= 4 is 27.5 Å². The molecule has 34 heavy (non-hydrogen) atoms. The maximum Gasteiger partial charge on any atom is 0.337 e. The van der Waals surface area contributed by atoms with E-state index in [0.717, 1.165) is 36.2 Å². The minimum absolute atomic E-state index is 0.0987. The second-order valence-electron chi connectivity index (χ2n) is 8.30. The first-order valence-electron chi connectivity index (χ1n) is 11.1. The van der Waals surface area contributed by atoms with Crippen molar-refractivity contribution in [2.75, 3.05) is 23.2 Å². The van der Waals surface area contributed by atoms with Crippen LogP contribution in [-0.2, 0) is 29.9 Å². The topological polar surface area (TPSA) is 117 Å². The van der Waals surface area contributed by atoms with Crippen LogP contribution in [0.3, 0.4) is 0 Å². The van der Waals surface area contributed by atoms with Crippen molar-refractivity contribution in [1.29, 1.82) is 0 Å². The Balaban J connectivity index is 1.83. The fourth-order valence-electron chi connectivity index (χ4n) is 3.84. The van der Waals surface area contributed by atoms with Crippen LogP contribution in [0.1, 0.15) is 46.2 Å². The van der Waals surface area contributed by atoms with Gasteiger partial charge < -0.3 is 10.0 Å². The van der Waals surface area contributed by atoms with Gasteiger partial charge in [0.15, 0.2) is 5.82 Å². The van der Waals surface area contributed by atoms with E-state index in [9.17, 15) is 18.3 Å². The lowest BCUT2D eigenvalue weighted by atomic mass is 10.1. The number of rotatable bonds is 10. The van der Waals surface area contributed by atoms with Crippen molar-refractivity contribution in [2.45, 2.75) is 44.9 Å². The Morgan fingerprint density at radius 2 is 1.88 bits per heavy atom. The predicted octanol–water partition coefficient (Wildman–Crippen LogP) is 3.56. The first-order valence-corrected chi connectivity index (χ1v) is 12.6. The van der Waals surface area contributed by atoms with Crippen molar-refractivity contribution in [2.24, 2.45) is 7.05 Å². The molecule has 0 radical (unpaired) electrons. The second-order valence-corrected chi connectivity index (χ2v) is 9.98. The maximum atomic E-state index is 13.0. The summed E-state index contributed by atoms with van der Waals surface area (Å²) in [6.07, 6.45) is 3.63. The average molecular weight is 486 g/mol. The number of pyridine rings is 1. The van der Waals surface area contributed by atoms with Gasteiger partial charge in [0.1, 0.15) is 0 Å². The Labute approximate surface area is 200 Å². The van der Waals surface area contributed by atoms with Gasteiger partial charge in [-0.2, -0.15) is 5.10 Å². The zero-order chi connectivity index (χ0) is 25.0. The van der Waals surface area contributed by atoms with E-state index in [1.165, 1.54) is 30.0 Å². The Bertz CT molecular complexity index is 1280.